The van der Waals surface area contributed by atoms with Gasteiger partial charge in [-0.25, -0.2) is 0 Å². The van der Waals surface area contributed by atoms with Crippen molar-refractivity contribution in [1.29, 1.82) is 0 Å². The van der Waals surface area contributed by atoms with E-state index in [1.54, 1.807) is 30.3 Å². The summed E-state index contributed by atoms with van der Waals surface area (Å²) in [5.41, 5.74) is 7.15. The Morgan fingerprint density at radius 3 is 2.58 bits per heavy atom. The highest BCUT2D eigenvalue weighted by molar-refractivity contribution is 5.73. The number of aromatic nitrogens is 2. The summed E-state index contributed by atoms with van der Waals surface area (Å²) in [4.78, 5) is 22.2. The van der Waals surface area contributed by atoms with E-state index in [0.717, 1.165) is 0 Å². The molecular weight excluding hydrogens is 312 g/mol. The molecule has 0 saturated heterocycles. The molecule has 4 N–H and O–H groups in total. The number of hydrogen-bond donors (Lipinski definition) is 3. The lowest BCUT2D eigenvalue weighted by molar-refractivity contribution is -0.384. The number of nitro benzene ring substituents is 1. The minimum absolute atomic E-state index is 0.0621. The van der Waals surface area contributed by atoms with Gasteiger partial charge in [-0.3, -0.25) is 25.1 Å². The van der Waals surface area contributed by atoms with Crippen LogP contribution >= 0.6 is 0 Å². The second-order valence-electron chi connectivity index (χ2n) is 4.91. The number of nitrogen functional groups attached to an aromatic ring is 1. The molecule has 0 amide bonds. The third kappa shape index (κ3) is 3.04. The van der Waals surface area contributed by atoms with Gasteiger partial charge in [0, 0.05) is 23.4 Å². The maximum atomic E-state index is 11.9. The number of nitrogens with two attached hydrogens (primary N) is 1. The van der Waals surface area contributed by atoms with Crippen LogP contribution in [-0.4, -0.2) is 15.1 Å². The molecule has 0 aliphatic carbocycles. The molecule has 0 radical (unpaired) electrons. The molecule has 0 spiro atoms. The molecule has 0 atom stereocenters. The van der Waals surface area contributed by atoms with Gasteiger partial charge in [0.15, 0.2) is 5.69 Å². The lowest BCUT2D eigenvalue weighted by Gasteiger charge is -2.00. The number of nitrogens with one attached hydrogen (secondary N) is 2. The Morgan fingerprint density at radius 2 is 1.83 bits per heavy atom. The van der Waals surface area contributed by atoms with Crippen LogP contribution in [0.15, 0.2) is 63.6 Å². The van der Waals surface area contributed by atoms with Gasteiger partial charge in [0.1, 0.15) is 0 Å². The SMILES string of the molecule is Nc1cccc(-c2[nH][nH]c(=O)c2N=Nc2cccc([N+](=O)[O-])c2)c1. The molecule has 1 heterocycles. The van der Waals surface area contributed by atoms with E-state index in [9.17, 15) is 14.9 Å². The van der Waals surface area contributed by atoms with Crippen molar-refractivity contribution in [2.75, 3.05) is 5.73 Å². The standard InChI is InChI=1S/C15H12N6O3/c16-10-4-1-3-9(7-10)13-14(15(22)20-18-13)19-17-11-5-2-6-12(8-11)21(23)24/h1-8H,16H2,(H2,18,20,22). The van der Waals surface area contributed by atoms with Crippen LogP contribution in [0, 0.1) is 10.1 Å². The van der Waals surface area contributed by atoms with Crippen LogP contribution in [-0.2, 0) is 0 Å². The fraction of sp³-hybridized carbons (Fsp3) is 0. The van der Waals surface area contributed by atoms with Gasteiger partial charge in [-0.1, -0.05) is 18.2 Å². The predicted octanol–water partition coefficient (Wildman–Crippen LogP) is 3.28. The monoisotopic (exact) mass is 324 g/mol. The van der Waals surface area contributed by atoms with Crippen LogP contribution in [0.3, 0.4) is 0 Å². The number of hydrogen-bond acceptors (Lipinski definition) is 6. The van der Waals surface area contributed by atoms with Crippen molar-refractivity contribution in [2.24, 2.45) is 10.2 Å². The first-order valence-corrected chi connectivity index (χ1v) is 6.87. The number of azo groups is 1. The number of H-pyrrole nitrogens is 2. The first-order valence-electron chi connectivity index (χ1n) is 6.87. The number of nitro groups is 1. The van der Waals surface area contributed by atoms with Crippen LogP contribution in [0.5, 0.6) is 0 Å². The number of anilines is 1. The second kappa shape index (κ2) is 6.16. The largest absolute Gasteiger partial charge is 0.399 e. The van der Waals surface area contributed by atoms with Crippen LogP contribution in [0.4, 0.5) is 22.7 Å². The summed E-state index contributed by atoms with van der Waals surface area (Å²) in [5, 5.41) is 23.8. The van der Waals surface area contributed by atoms with Crippen LogP contribution in [0.1, 0.15) is 0 Å². The highest BCUT2D eigenvalue weighted by Gasteiger charge is 2.12. The van der Waals surface area contributed by atoms with Crippen LogP contribution in [0.25, 0.3) is 11.3 Å². The minimum atomic E-state index is -0.527. The average Bonchev–Trinajstić information content (AvgIpc) is 2.94. The lowest BCUT2D eigenvalue weighted by atomic mass is 10.1. The van der Waals surface area contributed by atoms with Crippen molar-refractivity contribution in [3.63, 3.8) is 0 Å². The molecule has 0 aliphatic rings. The Balaban J connectivity index is 1.99. The van der Waals surface area contributed by atoms with Gasteiger partial charge in [0.05, 0.1) is 16.3 Å². The summed E-state index contributed by atoms with van der Waals surface area (Å²) in [6, 6.07) is 12.6. The van der Waals surface area contributed by atoms with Crippen molar-refractivity contribution in [3.8, 4) is 11.3 Å². The van der Waals surface area contributed by atoms with E-state index in [2.05, 4.69) is 20.4 Å². The van der Waals surface area contributed by atoms with Gasteiger partial charge < -0.3 is 5.73 Å². The summed E-state index contributed by atoms with van der Waals surface area (Å²) in [6.07, 6.45) is 0. The van der Waals surface area contributed by atoms with Gasteiger partial charge in [-0.05, 0) is 18.2 Å². The van der Waals surface area contributed by atoms with Crippen molar-refractivity contribution in [2.45, 2.75) is 0 Å². The van der Waals surface area contributed by atoms with Crippen molar-refractivity contribution in [3.05, 3.63) is 69.0 Å². The van der Waals surface area contributed by atoms with E-state index in [4.69, 9.17) is 5.73 Å². The van der Waals surface area contributed by atoms with E-state index in [1.807, 2.05) is 0 Å². The Morgan fingerprint density at radius 1 is 1.04 bits per heavy atom. The maximum absolute atomic E-state index is 11.9. The fourth-order valence-corrected chi connectivity index (χ4v) is 2.13. The van der Waals surface area contributed by atoms with Crippen molar-refractivity contribution < 1.29 is 4.92 Å². The Labute approximate surface area is 135 Å². The zero-order valence-electron chi connectivity index (χ0n) is 12.3. The number of aromatic amines is 2. The molecule has 9 nitrogen and oxygen atoms in total. The van der Waals surface area contributed by atoms with E-state index in [0.29, 0.717) is 16.9 Å². The topological polar surface area (TPSA) is 143 Å². The summed E-state index contributed by atoms with van der Waals surface area (Å²) >= 11 is 0. The first kappa shape index (κ1) is 15.2. The van der Waals surface area contributed by atoms with E-state index >= 15 is 0 Å². The number of benzene rings is 2. The molecule has 120 valence electrons. The molecule has 3 rings (SSSR count). The smallest absolute Gasteiger partial charge is 0.292 e. The molecule has 0 aliphatic heterocycles. The molecule has 9 heteroatoms. The molecule has 0 fully saturated rings. The average molecular weight is 324 g/mol. The molecule has 0 saturated carbocycles. The van der Waals surface area contributed by atoms with Crippen LogP contribution < -0.4 is 11.3 Å². The summed E-state index contributed by atoms with van der Waals surface area (Å²) in [5.74, 6) is 0. The molecule has 0 unspecified atom stereocenters. The number of rotatable bonds is 4. The summed E-state index contributed by atoms with van der Waals surface area (Å²) in [7, 11) is 0. The minimum Gasteiger partial charge on any atom is -0.399 e. The Kier molecular flexibility index (Phi) is 3.89. The molecule has 1 aromatic heterocycles. The normalized spacial score (nSPS) is 11.0. The van der Waals surface area contributed by atoms with Gasteiger partial charge in [-0.2, -0.15) is 5.11 Å². The van der Waals surface area contributed by atoms with Gasteiger partial charge >= 0.3 is 0 Å². The first-order chi connectivity index (χ1) is 11.5. The number of non-ortho nitro benzene ring substituents is 1. The molecule has 2 aromatic carbocycles. The third-order valence-corrected chi connectivity index (χ3v) is 3.23. The quantitative estimate of drug-likeness (QED) is 0.293. The van der Waals surface area contributed by atoms with E-state index in [-0.39, 0.29) is 17.1 Å². The van der Waals surface area contributed by atoms with Crippen LogP contribution in [0.2, 0.25) is 0 Å². The highest BCUT2D eigenvalue weighted by Crippen LogP contribution is 2.28. The number of nitrogens with zero attached hydrogens (tertiary/aromatic N) is 3. The molecule has 3 aromatic rings. The zero-order valence-corrected chi connectivity index (χ0v) is 12.3. The lowest BCUT2D eigenvalue weighted by Crippen LogP contribution is -1.96. The summed E-state index contributed by atoms with van der Waals surface area (Å²) < 4.78 is 0. The Bertz CT molecular complexity index is 989. The summed E-state index contributed by atoms with van der Waals surface area (Å²) in [6.45, 7) is 0. The maximum Gasteiger partial charge on any atom is 0.292 e. The van der Waals surface area contributed by atoms with Gasteiger partial charge in [-0.15, -0.1) is 5.11 Å². The molecule has 24 heavy (non-hydrogen) atoms. The van der Waals surface area contributed by atoms with Gasteiger partial charge in [0.2, 0.25) is 0 Å². The second-order valence-corrected chi connectivity index (χ2v) is 4.91. The van der Waals surface area contributed by atoms with E-state index < -0.39 is 10.5 Å². The Hall–Kier alpha value is -3.75. The highest BCUT2D eigenvalue weighted by atomic mass is 16.6. The van der Waals surface area contributed by atoms with Gasteiger partial charge in [0.25, 0.3) is 11.2 Å². The van der Waals surface area contributed by atoms with Crippen molar-refractivity contribution in [1.82, 2.24) is 10.2 Å². The van der Waals surface area contributed by atoms with Crippen molar-refractivity contribution >= 4 is 22.7 Å². The zero-order chi connectivity index (χ0) is 17.1. The molecular formula is C15H12N6O3. The molecule has 0 bridgehead atoms. The predicted molar refractivity (Wildman–Crippen MR) is 88.5 cm³/mol. The van der Waals surface area contributed by atoms with E-state index in [1.165, 1.54) is 18.2 Å². The third-order valence-electron chi connectivity index (χ3n) is 3.23. The fourth-order valence-electron chi connectivity index (χ4n) is 2.13.